The van der Waals surface area contributed by atoms with Crippen LogP contribution in [0, 0.1) is 0 Å². The van der Waals surface area contributed by atoms with Gasteiger partial charge in [-0.25, -0.2) is 9.78 Å². The molecule has 0 radical (unpaired) electrons. The summed E-state index contributed by atoms with van der Waals surface area (Å²) >= 11 is 5.45. The largest absolute Gasteiger partial charge is 0.505 e. The molecule has 0 fully saturated rings. The Morgan fingerprint density at radius 2 is 2.46 bits per heavy atom. The van der Waals surface area contributed by atoms with Gasteiger partial charge in [-0.15, -0.1) is 0 Å². The van der Waals surface area contributed by atoms with E-state index >= 15 is 0 Å². The van der Waals surface area contributed by atoms with Gasteiger partial charge in [0.2, 0.25) is 0 Å². The molecule has 1 heterocycles. The monoisotopic (exact) mass is 201 g/mol. The molecule has 0 saturated carbocycles. The minimum atomic E-state index is -0.526. The smallest absolute Gasteiger partial charge is 0.339 e. The van der Waals surface area contributed by atoms with E-state index in [1.807, 2.05) is 0 Å². The van der Waals surface area contributed by atoms with Crippen molar-refractivity contribution in [2.24, 2.45) is 0 Å². The fraction of sp³-hybridized carbons (Fsp3) is 0.250. The number of hydrogen-bond donors (Lipinski definition) is 1. The van der Waals surface area contributed by atoms with E-state index in [1.165, 1.54) is 12.3 Å². The van der Waals surface area contributed by atoms with Gasteiger partial charge in [0.15, 0.2) is 10.9 Å². The van der Waals surface area contributed by atoms with E-state index in [1.54, 1.807) is 6.92 Å². The van der Waals surface area contributed by atoms with Crippen LogP contribution in [0.15, 0.2) is 12.3 Å². The molecule has 0 aliphatic carbocycles. The normalized spacial score (nSPS) is 9.69. The number of rotatable bonds is 2. The van der Waals surface area contributed by atoms with E-state index in [0.29, 0.717) is 0 Å². The standard InChI is InChI=1S/C8H8ClNO3/c1-2-13-8(12)5-3-6(11)7(9)10-4-5/h3-4,11H,2H2,1H3. The molecule has 1 rings (SSSR count). The molecule has 0 aliphatic rings. The highest BCUT2D eigenvalue weighted by Gasteiger charge is 2.09. The summed E-state index contributed by atoms with van der Waals surface area (Å²) in [6, 6.07) is 1.22. The summed E-state index contributed by atoms with van der Waals surface area (Å²) < 4.78 is 4.69. The summed E-state index contributed by atoms with van der Waals surface area (Å²) in [5.74, 6) is -0.755. The van der Waals surface area contributed by atoms with Crippen LogP contribution >= 0.6 is 11.6 Å². The van der Waals surface area contributed by atoms with Gasteiger partial charge in [-0.3, -0.25) is 0 Å². The number of carbonyl (C=O) groups excluding carboxylic acids is 1. The van der Waals surface area contributed by atoms with Gasteiger partial charge >= 0.3 is 5.97 Å². The Morgan fingerprint density at radius 1 is 1.77 bits per heavy atom. The van der Waals surface area contributed by atoms with E-state index in [0.717, 1.165) is 0 Å². The second-order valence-electron chi connectivity index (χ2n) is 2.25. The molecule has 0 bridgehead atoms. The third-order valence-corrected chi connectivity index (χ3v) is 1.62. The van der Waals surface area contributed by atoms with Crippen LogP contribution in [-0.2, 0) is 4.74 Å². The minimum absolute atomic E-state index is 0.0342. The van der Waals surface area contributed by atoms with Crippen molar-refractivity contribution in [3.63, 3.8) is 0 Å². The van der Waals surface area contributed by atoms with Crippen molar-refractivity contribution in [1.82, 2.24) is 4.98 Å². The Bertz CT molecular complexity index is 327. The zero-order valence-corrected chi connectivity index (χ0v) is 7.71. The first kappa shape index (κ1) is 9.80. The highest BCUT2D eigenvalue weighted by molar-refractivity contribution is 6.30. The van der Waals surface area contributed by atoms with Crippen molar-refractivity contribution in [3.05, 3.63) is 23.0 Å². The Morgan fingerprint density at radius 3 is 3.00 bits per heavy atom. The number of pyridine rings is 1. The van der Waals surface area contributed by atoms with E-state index in [2.05, 4.69) is 9.72 Å². The van der Waals surface area contributed by atoms with Crippen LogP contribution in [0.4, 0.5) is 0 Å². The molecular formula is C8H8ClNO3. The van der Waals surface area contributed by atoms with E-state index in [9.17, 15) is 4.79 Å². The Balaban J connectivity index is 2.90. The molecular weight excluding hydrogens is 194 g/mol. The van der Waals surface area contributed by atoms with Gasteiger partial charge in [0.25, 0.3) is 0 Å². The highest BCUT2D eigenvalue weighted by Crippen LogP contribution is 2.20. The van der Waals surface area contributed by atoms with Crippen LogP contribution in [0.5, 0.6) is 5.75 Å². The molecule has 0 atom stereocenters. The molecule has 4 nitrogen and oxygen atoms in total. The second kappa shape index (κ2) is 4.09. The topological polar surface area (TPSA) is 59.4 Å². The van der Waals surface area contributed by atoms with Crippen molar-refractivity contribution in [2.75, 3.05) is 6.61 Å². The average Bonchev–Trinajstić information content (AvgIpc) is 2.10. The van der Waals surface area contributed by atoms with Gasteiger partial charge in [-0.1, -0.05) is 11.6 Å². The molecule has 0 aromatic carbocycles. The molecule has 0 aliphatic heterocycles. The fourth-order valence-corrected chi connectivity index (χ4v) is 0.866. The molecule has 13 heavy (non-hydrogen) atoms. The summed E-state index contributed by atoms with van der Waals surface area (Å²) in [4.78, 5) is 14.7. The van der Waals surface area contributed by atoms with Crippen molar-refractivity contribution in [2.45, 2.75) is 6.92 Å². The lowest BCUT2D eigenvalue weighted by Gasteiger charge is -2.01. The Labute approximate surface area is 80.1 Å². The van der Waals surface area contributed by atoms with E-state index in [4.69, 9.17) is 16.7 Å². The maximum atomic E-state index is 11.1. The predicted octanol–water partition coefficient (Wildman–Crippen LogP) is 1.62. The van der Waals surface area contributed by atoms with E-state index in [-0.39, 0.29) is 23.1 Å². The van der Waals surface area contributed by atoms with Crippen LogP contribution < -0.4 is 0 Å². The van der Waals surface area contributed by atoms with Crippen molar-refractivity contribution < 1.29 is 14.6 Å². The number of ether oxygens (including phenoxy) is 1. The van der Waals surface area contributed by atoms with Gasteiger partial charge in [-0.2, -0.15) is 0 Å². The summed E-state index contributed by atoms with van der Waals surface area (Å²) in [6.45, 7) is 1.98. The van der Waals surface area contributed by atoms with E-state index < -0.39 is 5.97 Å². The van der Waals surface area contributed by atoms with Gasteiger partial charge in [-0.05, 0) is 13.0 Å². The van der Waals surface area contributed by atoms with Crippen molar-refractivity contribution >= 4 is 17.6 Å². The number of halogens is 1. The van der Waals surface area contributed by atoms with Crippen LogP contribution in [0.25, 0.3) is 0 Å². The average molecular weight is 202 g/mol. The number of aromatic nitrogens is 1. The number of esters is 1. The second-order valence-corrected chi connectivity index (χ2v) is 2.61. The molecule has 1 N–H and O–H groups in total. The zero-order valence-electron chi connectivity index (χ0n) is 6.95. The summed E-state index contributed by atoms with van der Waals surface area (Å²) in [7, 11) is 0. The lowest BCUT2D eigenvalue weighted by Crippen LogP contribution is -2.04. The quantitative estimate of drug-likeness (QED) is 0.584. The first-order valence-electron chi connectivity index (χ1n) is 3.66. The summed E-state index contributed by atoms with van der Waals surface area (Å²) in [5, 5.41) is 9.08. The number of hydrogen-bond acceptors (Lipinski definition) is 4. The molecule has 0 unspecified atom stereocenters. The third kappa shape index (κ3) is 2.32. The maximum absolute atomic E-state index is 11.1. The lowest BCUT2D eigenvalue weighted by molar-refractivity contribution is 0.0525. The highest BCUT2D eigenvalue weighted by atomic mass is 35.5. The third-order valence-electron chi connectivity index (χ3n) is 1.33. The first-order valence-corrected chi connectivity index (χ1v) is 4.04. The van der Waals surface area contributed by atoms with Crippen LogP contribution in [0.2, 0.25) is 5.15 Å². The summed E-state index contributed by atoms with van der Waals surface area (Å²) in [5.41, 5.74) is 0.184. The Kier molecular flexibility index (Phi) is 3.08. The van der Waals surface area contributed by atoms with Gasteiger partial charge in [0, 0.05) is 6.20 Å². The maximum Gasteiger partial charge on any atom is 0.339 e. The molecule has 1 aromatic heterocycles. The van der Waals surface area contributed by atoms with Crippen LogP contribution in [0.3, 0.4) is 0 Å². The molecule has 70 valence electrons. The Hall–Kier alpha value is -1.29. The van der Waals surface area contributed by atoms with Crippen molar-refractivity contribution in [3.8, 4) is 5.75 Å². The van der Waals surface area contributed by atoms with Gasteiger partial charge < -0.3 is 9.84 Å². The number of nitrogens with zero attached hydrogens (tertiary/aromatic N) is 1. The predicted molar refractivity (Wildman–Crippen MR) is 46.9 cm³/mol. The van der Waals surface area contributed by atoms with Crippen molar-refractivity contribution in [1.29, 1.82) is 0 Å². The number of carbonyl (C=O) groups is 1. The molecule has 5 heteroatoms. The molecule has 1 aromatic rings. The summed E-state index contributed by atoms with van der Waals surface area (Å²) in [6.07, 6.45) is 1.25. The lowest BCUT2D eigenvalue weighted by atomic mass is 10.3. The molecule has 0 spiro atoms. The van der Waals surface area contributed by atoms with Gasteiger partial charge in [0.05, 0.1) is 12.2 Å². The van der Waals surface area contributed by atoms with Gasteiger partial charge in [0.1, 0.15) is 0 Å². The fourth-order valence-electron chi connectivity index (χ4n) is 0.763. The molecule has 0 amide bonds. The SMILES string of the molecule is CCOC(=O)c1cnc(Cl)c(O)c1. The van der Waals surface area contributed by atoms with Crippen LogP contribution in [0.1, 0.15) is 17.3 Å². The zero-order chi connectivity index (χ0) is 9.84. The minimum Gasteiger partial charge on any atom is -0.505 e. The number of aromatic hydroxyl groups is 1. The van der Waals surface area contributed by atoms with Crippen LogP contribution in [-0.4, -0.2) is 22.7 Å². The first-order chi connectivity index (χ1) is 6.15. The molecule has 0 saturated heterocycles.